The highest BCUT2D eigenvalue weighted by molar-refractivity contribution is 5.81. The number of hydrogen-bond acceptors (Lipinski definition) is 7. The van der Waals surface area contributed by atoms with Crippen LogP contribution in [-0.2, 0) is 4.74 Å². The first kappa shape index (κ1) is 14.5. The fraction of sp³-hybridized carbons (Fsp3) is 0.357. The van der Waals surface area contributed by atoms with E-state index in [9.17, 15) is 10.2 Å². The maximum absolute atomic E-state index is 10.4. The molecule has 3 rings (SSSR count). The Kier molecular flexibility index (Phi) is 3.33. The normalized spacial score (nSPS) is 31.2. The smallest absolute Gasteiger partial charge is 0.180 e. The molecular weight excluding hydrogens is 286 g/mol. The number of nitrogen functional groups attached to an aromatic ring is 1. The number of rotatable bonds is 3. The van der Waals surface area contributed by atoms with E-state index in [-0.39, 0.29) is 5.82 Å². The van der Waals surface area contributed by atoms with Crippen LogP contribution < -0.4 is 5.73 Å². The van der Waals surface area contributed by atoms with Crippen molar-refractivity contribution in [1.29, 1.82) is 0 Å². The number of aliphatic hydroxyl groups excluding tert-OH is 2. The van der Waals surface area contributed by atoms with Gasteiger partial charge in [0.1, 0.15) is 24.2 Å². The highest BCUT2D eigenvalue weighted by Gasteiger charge is 2.53. The van der Waals surface area contributed by atoms with Gasteiger partial charge in [-0.1, -0.05) is 12.0 Å². The summed E-state index contributed by atoms with van der Waals surface area (Å²) >= 11 is 0. The molecule has 0 bridgehead atoms. The van der Waals surface area contributed by atoms with Gasteiger partial charge < -0.3 is 20.7 Å². The minimum atomic E-state index is -1.50. The van der Waals surface area contributed by atoms with Crippen molar-refractivity contribution in [3.63, 3.8) is 0 Å². The number of imidazole rings is 1. The van der Waals surface area contributed by atoms with Gasteiger partial charge in [-0.05, 0) is 0 Å². The van der Waals surface area contributed by atoms with Gasteiger partial charge in [0.25, 0.3) is 0 Å². The molecule has 114 valence electrons. The second-order valence-electron chi connectivity index (χ2n) is 5.04. The van der Waals surface area contributed by atoms with E-state index in [0.717, 1.165) is 0 Å². The molecule has 0 saturated carbocycles. The van der Waals surface area contributed by atoms with Gasteiger partial charge in [0.2, 0.25) is 0 Å². The number of hydrogen-bond donors (Lipinski definition) is 3. The number of ether oxygens (including phenoxy) is 1. The summed E-state index contributed by atoms with van der Waals surface area (Å²) in [5.74, 6) is 2.03. The van der Waals surface area contributed by atoms with Gasteiger partial charge in [-0.25, -0.2) is 15.0 Å². The number of aromatic nitrogens is 4. The Morgan fingerprint density at radius 3 is 2.95 bits per heavy atom. The van der Waals surface area contributed by atoms with E-state index in [2.05, 4.69) is 27.5 Å². The summed E-state index contributed by atoms with van der Waals surface area (Å²) < 4.78 is 7.36. The summed E-state index contributed by atoms with van der Waals surface area (Å²) in [6.07, 6.45) is 7.93. The third kappa shape index (κ3) is 1.80. The van der Waals surface area contributed by atoms with Crippen LogP contribution in [0.4, 0.5) is 5.82 Å². The highest BCUT2D eigenvalue weighted by Crippen LogP contribution is 2.42. The van der Waals surface area contributed by atoms with Crippen molar-refractivity contribution >= 4 is 17.0 Å². The average Bonchev–Trinajstić information content (AvgIpc) is 3.07. The molecule has 0 unspecified atom stereocenters. The molecule has 8 heteroatoms. The minimum Gasteiger partial charge on any atom is -0.392 e. The van der Waals surface area contributed by atoms with Crippen LogP contribution in [0.2, 0.25) is 0 Å². The van der Waals surface area contributed by atoms with Crippen LogP contribution in [-0.4, -0.2) is 48.0 Å². The molecule has 2 aromatic heterocycles. The summed E-state index contributed by atoms with van der Waals surface area (Å²) in [4.78, 5) is 12.2. The molecule has 4 N–H and O–H groups in total. The quantitative estimate of drug-likeness (QED) is 0.514. The SMILES string of the molecule is C#C[C@]1(CO)O[C@@H](n2cnc3c(N)ncnc32)[C@@H](C=C)[C@@H]1O. The topological polar surface area (TPSA) is 119 Å². The molecule has 1 aliphatic rings. The molecule has 4 atom stereocenters. The lowest BCUT2D eigenvalue weighted by Gasteiger charge is -2.23. The fourth-order valence-corrected chi connectivity index (χ4v) is 2.67. The molecular formula is C14H15N5O3. The Bertz CT molecular complexity index is 767. The second-order valence-corrected chi connectivity index (χ2v) is 5.04. The monoisotopic (exact) mass is 301 g/mol. The first-order chi connectivity index (χ1) is 10.6. The number of fused-ring (bicyclic) bond motifs is 1. The molecule has 0 spiro atoms. The fourth-order valence-electron chi connectivity index (χ4n) is 2.67. The Morgan fingerprint density at radius 1 is 1.55 bits per heavy atom. The molecule has 0 radical (unpaired) electrons. The zero-order chi connectivity index (χ0) is 15.9. The maximum atomic E-state index is 10.4. The summed E-state index contributed by atoms with van der Waals surface area (Å²) in [5.41, 5.74) is 5.13. The Labute approximate surface area is 126 Å². The largest absolute Gasteiger partial charge is 0.392 e. The van der Waals surface area contributed by atoms with E-state index in [1.807, 2.05) is 0 Å². The van der Waals surface area contributed by atoms with Crippen molar-refractivity contribution in [2.24, 2.45) is 5.92 Å². The Hall–Kier alpha value is -2.47. The van der Waals surface area contributed by atoms with Crippen LogP contribution in [0.15, 0.2) is 25.3 Å². The van der Waals surface area contributed by atoms with Crippen LogP contribution in [0.3, 0.4) is 0 Å². The molecule has 0 aliphatic carbocycles. The van der Waals surface area contributed by atoms with Crippen molar-refractivity contribution in [1.82, 2.24) is 19.5 Å². The van der Waals surface area contributed by atoms with Gasteiger partial charge in [-0.2, -0.15) is 0 Å². The first-order valence-corrected chi connectivity index (χ1v) is 6.58. The van der Waals surface area contributed by atoms with Gasteiger partial charge in [-0.15, -0.1) is 13.0 Å². The van der Waals surface area contributed by atoms with Crippen LogP contribution in [0.25, 0.3) is 11.2 Å². The zero-order valence-corrected chi connectivity index (χ0v) is 11.6. The summed E-state index contributed by atoms with van der Waals surface area (Å²) in [7, 11) is 0. The van der Waals surface area contributed by atoms with Gasteiger partial charge in [-0.3, -0.25) is 4.57 Å². The minimum absolute atomic E-state index is 0.239. The molecule has 0 aromatic carbocycles. The molecule has 3 heterocycles. The lowest BCUT2D eigenvalue weighted by Crippen LogP contribution is -2.43. The Morgan fingerprint density at radius 2 is 2.32 bits per heavy atom. The van der Waals surface area contributed by atoms with Crippen LogP contribution in [0.5, 0.6) is 0 Å². The standard InChI is InChI=1S/C14H15N5O3/c1-3-8-10(21)14(4-2,5-20)22-13(8)19-7-18-9-11(15)16-6-17-12(9)19/h2-3,6-8,10,13,20-21H,1,5H2,(H2,15,16,17)/t8-,10-,13+,14+/m0/s1. The van der Waals surface area contributed by atoms with Crippen LogP contribution in [0.1, 0.15) is 6.23 Å². The molecule has 1 aliphatic heterocycles. The number of aliphatic hydroxyl groups is 2. The average molecular weight is 301 g/mol. The van der Waals surface area contributed by atoms with Crippen molar-refractivity contribution < 1.29 is 14.9 Å². The van der Waals surface area contributed by atoms with Crippen LogP contribution in [0, 0.1) is 18.3 Å². The molecule has 1 saturated heterocycles. The van der Waals surface area contributed by atoms with Crippen LogP contribution >= 0.6 is 0 Å². The second kappa shape index (κ2) is 5.06. The number of nitrogens with zero attached hydrogens (tertiary/aromatic N) is 4. The zero-order valence-electron chi connectivity index (χ0n) is 11.6. The number of nitrogens with two attached hydrogens (primary N) is 1. The van der Waals surface area contributed by atoms with E-state index < -0.39 is 30.5 Å². The first-order valence-electron chi connectivity index (χ1n) is 6.58. The Balaban J connectivity index is 2.12. The predicted molar refractivity (Wildman–Crippen MR) is 78.2 cm³/mol. The molecule has 8 nitrogen and oxygen atoms in total. The van der Waals surface area contributed by atoms with E-state index >= 15 is 0 Å². The predicted octanol–water partition coefficient (Wildman–Crippen LogP) is -0.535. The number of anilines is 1. The van der Waals surface area contributed by atoms with E-state index in [4.69, 9.17) is 16.9 Å². The number of terminal acetylenes is 1. The summed E-state index contributed by atoms with van der Waals surface area (Å²) in [6, 6.07) is 0. The lowest BCUT2D eigenvalue weighted by atomic mass is 9.91. The van der Waals surface area contributed by atoms with Crippen molar-refractivity contribution in [3.05, 3.63) is 25.3 Å². The molecule has 2 aromatic rings. The third-order valence-corrected chi connectivity index (χ3v) is 3.92. The highest BCUT2D eigenvalue weighted by atomic mass is 16.6. The van der Waals surface area contributed by atoms with E-state index in [1.54, 1.807) is 4.57 Å². The molecule has 22 heavy (non-hydrogen) atoms. The summed E-state index contributed by atoms with van der Waals surface area (Å²) in [5, 5.41) is 19.9. The molecule has 1 fully saturated rings. The van der Waals surface area contributed by atoms with Gasteiger partial charge in [0.05, 0.1) is 18.9 Å². The van der Waals surface area contributed by atoms with E-state index in [1.165, 1.54) is 18.7 Å². The van der Waals surface area contributed by atoms with Crippen molar-refractivity contribution in [2.75, 3.05) is 12.3 Å². The van der Waals surface area contributed by atoms with Gasteiger partial charge in [0.15, 0.2) is 17.1 Å². The van der Waals surface area contributed by atoms with Crippen molar-refractivity contribution in [3.8, 4) is 12.3 Å². The van der Waals surface area contributed by atoms with E-state index in [0.29, 0.717) is 11.2 Å². The lowest BCUT2D eigenvalue weighted by molar-refractivity contribution is -0.0895. The van der Waals surface area contributed by atoms with Gasteiger partial charge in [0, 0.05) is 0 Å². The maximum Gasteiger partial charge on any atom is 0.180 e. The third-order valence-electron chi connectivity index (χ3n) is 3.92. The molecule has 0 amide bonds. The summed E-state index contributed by atoms with van der Waals surface area (Å²) in [6.45, 7) is 3.18. The van der Waals surface area contributed by atoms with Gasteiger partial charge >= 0.3 is 0 Å². The van der Waals surface area contributed by atoms with Crippen molar-refractivity contribution in [2.45, 2.75) is 17.9 Å².